The molecule has 0 amide bonds. The molecule has 0 fully saturated rings. The second-order valence-electron chi connectivity index (χ2n) is 5.72. The zero-order valence-corrected chi connectivity index (χ0v) is 12.1. The fraction of sp³-hybridized carbons (Fsp3) is 0.846. The first-order valence-corrected chi connectivity index (χ1v) is 6.57. The number of quaternary nitrogens is 1. The van der Waals surface area contributed by atoms with Crippen LogP contribution < -0.4 is 0 Å². The highest BCUT2D eigenvalue weighted by atomic mass is 16.5. The lowest BCUT2D eigenvalue weighted by Crippen LogP contribution is -2.43. The molecule has 0 aromatic rings. The highest BCUT2D eigenvalue weighted by Crippen LogP contribution is 2.08. The second kappa shape index (κ2) is 8.87. The smallest absolute Gasteiger partial charge is 0.307 e. The highest BCUT2D eigenvalue weighted by Gasteiger charge is 2.24. The number of hydrogen-bond acceptors (Lipinski definition) is 4. The Bertz CT molecular complexity index is 285. The van der Waals surface area contributed by atoms with E-state index in [2.05, 4.69) is 0 Å². The van der Waals surface area contributed by atoms with Crippen molar-refractivity contribution in [3.05, 3.63) is 0 Å². The predicted octanol–water partition coefficient (Wildman–Crippen LogP) is 0.632. The van der Waals surface area contributed by atoms with Gasteiger partial charge in [-0.05, 0) is 12.8 Å². The van der Waals surface area contributed by atoms with Gasteiger partial charge in [-0.2, -0.15) is 0 Å². The van der Waals surface area contributed by atoms with Crippen molar-refractivity contribution < 1.29 is 29.0 Å². The lowest BCUT2D eigenvalue weighted by Gasteiger charge is -2.28. The Morgan fingerprint density at radius 2 is 1.79 bits per heavy atom. The van der Waals surface area contributed by atoms with Crippen molar-refractivity contribution in [2.24, 2.45) is 0 Å². The Kier molecular flexibility index (Phi) is 8.34. The first kappa shape index (κ1) is 17.9. The number of carboxylic acids is 1. The van der Waals surface area contributed by atoms with Gasteiger partial charge in [-0.25, -0.2) is 0 Å². The molecule has 112 valence electrons. The van der Waals surface area contributed by atoms with E-state index in [4.69, 9.17) is 14.9 Å². The van der Waals surface area contributed by atoms with Crippen LogP contribution in [-0.4, -0.2) is 67.0 Å². The van der Waals surface area contributed by atoms with Gasteiger partial charge in [0.05, 0.1) is 27.6 Å². The summed E-state index contributed by atoms with van der Waals surface area (Å²) in [6, 6.07) is 0. The summed E-state index contributed by atoms with van der Waals surface area (Å²) in [5, 5.41) is 17.4. The van der Waals surface area contributed by atoms with Gasteiger partial charge < -0.3 is 19.4 Å². The molecule has 1 atom stereocenters. The van der Waals surface area contributed by atoms with Crippen molar-refractivity contribution in [1.29, 1.82) is 0 Å². The van der Waals surface area contributed by atoms with Crippen LogP contribution in [-0.2, 0) is 14.3 Å². The van der Waals surface area contributed by atoms with Gasteiger partial charge in [0.15, 0.2) is 6.10 Å². The topological polar surface area (TPSA) is 83.8 Å². The number of aliphatic hydroxyl groups is 1. The van der Waals surface area contributed by atoms with Crippen LogP contribution in [0.1, 0.15) is 32.1 Å². The standard InChI is InChI=1S/C13H25NO5/c1-14(2,3)10-11(9-12(16)17)19-13(18)7-5-4-6-8-15/h11,15H,4-10H2,1-3H3/p+1. The summed E-state index contributed by atoms with van der Waals surface area (Å²) in [7, 11) is 5.76. The number of likely N-dealkylation sites (N-methyl/N-ethyl adjacent to an activating group) is 1. The van der Waals surface area contributed by atoms with Crippen LogP contribution in [0.3, 0.4) is 0 Å². The molecule has 19 heavy (non-hydrogen) atoms. The van der Waals surface area contributed by atoms with Crippen molar-refractivity contribution in [3.8, 4) is 0 Å². The molecule has 0 aliphatic rings. The van der Waals surface area contributed by atoms with Gasteiger partial charge in [0.2, 0.25) is 0 Å². The third-order valence-corrected chi connectivity index (χ3v) is 2.49. The lowest BCUT2D eigenvalue weighted by molar-refractivity contribution is -0.873. The fourth-order valence-corrected chi connectivity index (χ4v) is 1.75. The summed E-state index contributed by atoms with van der Waals surface area (Å²) < 4.78 is 5.76. The Balaban J connectivity index is 4.15. The van der Waals surface area contributed by atoms with Gasteiger partial charge in [-0.15, -0.1) is 0 Å². The Morgan fingerprint density at radius 3 is 2.26 bits per heavy atom. The molecule has 0 saturated carbocycles. The number of nitrogens with zero attached hydrogens (tertiary/aromatic N) is 1. The molecule has 6 heteroatoms. The predicted molar refractivity (Wildman–Crippen MR) is 70.6 cm³/mol. The van der Waals surface area contributed by atoms with Crippen LogP contribution in [0.15, 0.2) is 0 Å². The summed E-state index contributed by atoms with van der Waals surface area (Å²) in [5.41, 5.74) is 0. The fourth-order valence-electron chi connectivity index (χ4n) is 1.75. The maximum atomic E-state index is 11.6. The van der Waals surface area contributed by atoms with Crippen LogP contribution in [0.2, 0.25) is 0 Å². The third-order valence-electron chi connectivity index (χ3n) is 2.49. The number of hydrogen-bond donors (Lipinski definition) is 2. The monoisotopic (exact) mass is 276 g/mol. The summed E-state index contributed by atoms with van der Waals surface area (Å²) in [6.07, 6.45) is 1.60. The van der Waals surface area contributed by atoms with Crippen LogP contribution >= 0.6 is 0 Å². The van der Waals surface area contributed by atoms with Gasteiger partial charge in [0, 0.05) is 13.0 Å². The quantitative estimate of drug-likeness (QED) is 0.347. The van der Waals surface area contributed by atoms with E-state index < -0.39 is 12.1 Å². The van der Waals surface area contributed by atoms with Crippen molar-refractivity contribution >= 4 is 11.9 Å². The molecule has 0 spiro atoms. The van der Waals surface area contributed by atoms with Crippen LogP contribution in [0.4, 0.5) is 0 Å². The summed E-state index contributed by atoms with van der Waals surface area (Å²) in [6.45, 7) is 0.590. The third kappa shape index (κ3) is 11.7. The molecule has 0 saturated heterocycles. The molecule has 0 rings (SSSR count). The number of carbonyl (C=O) groups is 2. The average Bonchev–Trinajstić information content (AvgIpc) is 2.20. The van der Waals surface area contributed by atoms with Crippen molar-refractivity contribution in [3.63, 3.8) is 0 Å². The van der Waals surface area contributed by atoms with Crippen molar-refractivity contribution in [2.75, 3.05) is 34.3 Å². The van der Waals surface area contributed by atoms with E-state index in [0.29, 0.717) is 23.9 Å². The minimum atomic E-state index is -0.966. The second-order valence-corrected chi connectivity index (χ2v) is 5.72. The number of esters is 1. The molecule has 0 bridgehead atoms. The van der Waals surface area contributed by atoms with Crippen LogP contribution in [0.5, 0.6) is 0 Å². The molecule has 1 unspecified atom stereocenters. The maximum absolute atomic E-state index is 11.6. The van der Waals surface area contributed by atoms with E-state index in [1.807, 2.05) is 21.1 Å². The summed E-state index contributed by atoms with van der Waals surface area (Å²) in [4.78, 5) is 22.3. The molecule has 0 aliphatic heterocycles. The van der Waals surface area contributed by atoms with E-state index in [9.17, 15) is 9.59 Å². The largest absolute Gasteiger partial charge is 0.481 e. The highest BCUT2D eigenvalue weighted by molar-refractivity contribution is 5.71. The molecule has 0 aliphatic carbocycles. The van der Waals surface area contributed by atoms with Gasteiger partial charge >= 0.3 is 11.9 Å². The van der Waals surface area contributed by atoms with Gasteiger partial charge in [0.1, 0.15) is 6.54 Å². The van der Waals surface area contributed by atoms with E-state index in [1.54, 1.807) is 0 Å². The minimum Gasteiger partial charge on any atom is -0.481 e. The zero-order valence-electron chi connectivity index (χ0n) is 12.1. The molecular formula is C13H26NO5+. The molecule has 0 radical (unpaired) electrons. The molecule has 6 nitrogen and oxygen atoms in total. The van der Waals surface area contributed by atoms with E-state index in [0.717, 1.165) is 6.42 Å². The van der Waals surface area contributed by atoms with Crippen LogP contribution in [0.25, 0.3) is 0 Å². The number of unbranched alkanes of at least 4 members (excludes halogenated alkanes) is 2. The SMILES string of the molecule is C[N+](C)(C)CC(CC(=O)O)OC(=O)CCCCCO. The number of rotatable bonds is 10. The molecule has 2 N–H and O–H groups in total. The zero-order chi connectivity index (χ0) is 14.9. The van der Waals surface area contributed by atoms with Crippen LogP contribution in [0, 0.1) is 0 Å². The van der Waals surface area contributed by atoms with E-state index >= 15 is 0 Å². The van der Waals surface area contributed by atoms with E-state index in [1.165, 1.54) is 0 Å². The number of aliphatic hydroxyl groups excluding tert-OH is 1. The molecular weight excluding hydrogens is 250 g/mol. The molecule has 0 heterocycles. The van der Waals surface area contributed by atoms with E-state index in [-0.39, 0.29) is 25.4 Å². The number of ether oxygens (including phenoxy) is 1. The summed E-state index contributed by atoms with van der Waals surface area (Å²) >= 11 is 0. The minimum absolute atomic E-state index is 0.123. The van der Waals surface area contributed by atoms with Crippen molar-refractivity contribution in [2.45, 2.75) is 38.2 Å². The Morgan fingerprint density at radius 1 is 1.16 bits per heavy atom. The summed E-state index contributed by atoms with van der Waals surface area (Å²) in [5.74, 6) is -1.33. The maximum Gasteiger partial charge on any atom is 0.307 e. The normalized spacial score (nSPS) is 13.1. The molecule has 0 aromatic carbocycles. The van der Waals surface area contributed by atoms with Gasteiger partial charge in [-0.1, -0.05) is 6.42 Å². The first-order valence-electron chi connectivity index (χ1n) is 6.57. The van der Waals surface area contributed by atoms with Gasteiger partial charge in [-0.3, -0.25) is 9.59 Å². The first-order chi connectivity index (χ1) is 8.74. The van der Waals surface area contributed by atoms with Crippen molar-refractivity contribution in [1.82, 2.24) is 0 Å². The Hall–Kier alpha value is -1.14. The number of carbonyl (C=O) groups excluding carboxylic acids is 1. The average molecular weight is 276 g/mol. The lowest BCUT2D eigenvalue weighted by atomic mass is 10.2. The Labute approximate surface area is 114 Å². The molecule has 0 aromatic heterocycles. The number of aliphatic carboxylic acids is 1. The number of carboxylic acid groups (broad SMARTS) is 1. The van der Waals surface area contributed by atoms with Gasteiger partial charge in [0.25, 0.3) is 0 Å².